The van der Waals surface area contributed by atoms with Gasteiger partial charge in [-0.3, -0.25) is 0 Å². The van der Waals surface area contributed by atoms with Crippen LogP contribution in [0, 0.1) is 8.99 Å². The minimum atomic E-state index is 0.554. The van der Waals surface area contributed by atoms with Crippen LogP contribution in [0.25, 0.3) is 0 Å². The van der Waals surface area contributed by atoms with Crippen LogP contribution in [-0.2, 0) is 6.42 Å². The molecule has 94 valence electrons. The van der Waals surface area contributed by atoms with Crippen LogP contribution in [0.2, 0.25) is 0 Å². The minimum Gasteiger partial charge on any atom is -0.313 e. The number of nitrogens with one attached hydrogen (secondary N) is 1. The molecule has 1 aromatic carbocycles. The Balaban J connectivity index is 1.99. The Morgan fingerprint density at radius 2 is 1.94 bits per heavy atom. The molecule has 2 heteroatoms. The summed E-state index contributed by atoms with van der Waals surface area (Å²) in [6, 6.07) is 9.62. The van der Waals surface area contributed by atoms with Crippen molar-refractivity contribution < 1.29 is 0 Å². The van der Waals surface area contributed by atoms with Crippen LogP contribution in [0.3, 0.4) is 0 Å². The molecular weight excluding hydrogens is 321 g/mol. The standard InChI is InChI=1S/C15H22IN/c1-3-10-17-14(15(2)8-9-15)11-12-4-6-13(16)7-5-12/h4-7,14,17H,3,8-11H2,1-2H3. The lowest BCUT2D eigenvalue weighted by molar-refractivity contribution is 0.354. The number of rotatable bonds is 6. The van der Waals surface area contributed by atoms with E-state index in [9.17, 15) is 0 Å². The fraction of sp³-hybridized carbons (Fsp3) is 0.600. The third kappa shape index (κ3) is 3.68. The van der Waals surface area contributed by atoms with Crippen molar-refractivity contribution in [2.75, 3.05) is 6.54 Å². The van der Waals surface area contributed by atoms with E-state index in [0.717, 1.165) is 6.54 Å². The largest absolute Gasteiger partial charge is 0.313 e. The average Bonchev–Trinajstić information content (AvgIpc) is 3.06. The van der Waals surface area contributed by atoms with E-state index in [1.54, 1.807) is 0 Å². The zero-order valence-corrected chi connectivity index (χ0v) is 13.0. The summed E-state index contributed by atoms with van der Waals surface area (Å²) in [6.45, 7) is 5.81. The molecule has 2 rings (SSSR count). The molecule has 0 heterocycles. The monoisotopic (exact) mass is 343 g/mol. The van der Waals surface area contributed by atoms with Gasteiger partial charge >= 0.3 is 0 Å². The van der Waals surface area contributed by atoms with Gasteiger partial charge in [0.25, 0.3) is 0 Å². The molecule has 1 saturated carbocycles. The first-order chi connectivity index (χ1) is 8.14. The van der Waals surface area contributed by atoms with Crippen LogP contribution in [0.15, 0.2) is 24.3 Å². The third-order valence-electron chi connectivity index (χ3n) is 3.87. The van der Waals surface area contributed by atoms with Gasteiger partial charge in [0.1, 0.15) is 0 Å². The van der Waals surface area contributed by atoms with Crippen molar-refractivity contribution in [1.82, 2.24) is 5.32 Å². The van der Waals surface area contributed by atoms with Crippen molar-refractivity contribution in [3.05, 3.63) is 33.4 Å². The van der Waals surface area contributed by atoms with E-state index < -0.39 is 0 Å². The van der Waals surface area contributed by atoms with Gasteiger partial charge in [0.15, 0.2) is 0 Å². The number of benzene rings is 1. The van der Waals surface area contributed by atoms with E-state index in [-0.39, 0.29) is 0 Å². The van der Waals surface area contributed by atoms with Crippen molar-refractivity contribution in [2.24, 2.45) is 5.41 Å². The zero-order valence-electron chi connectivity index (χ0n) is 10.8. The van der Waals surface area contributed by atoms with Crippen LogP contribution in [0.4, 0.5) is 0 Å². The van der Waals surface area contributed by atoms with Crippen molar-refractivity contribution in [3.8, 4) is 0 Å². The van der Waals surface area contributed by atoms with Crippen molar-refractivity contribution in [3.63, 3.8) is 0 Å². The predicted molar refractivity (Wildman–Crippen MR) is 82.3 cm³/mol. The molecule has 1 nitrogen and oxygen atoms in total. The second-order valence-electron chi connectivity index (χ2n) is 5.49. The smallest absolute Gasteiger partial charge is 0.0161 e. The lowest BCUT2D eigenvalue weighted by Gasteiger charge is -2.25. The summed E-state index contributed by atoms with van der Waals surface area (Å²) >= 11 is 2.37. The molecule has 0 aromatic heterocycles. The number of halogens is 1. The van der Waals surface area contributed by atoms with Crippen LogP contribution in [-0.4, -0.2) is 12.6 Å². The zero-order chi connectivity index (χ0) is 12.3. The number of hydrogen-bond donors (Lipinski definition) is 1. The lowest BCUT2D eigenvalue weighted by Crippen LogP contribution is -2.38. The Hall–Kier alpha value is -0.0900. The maximum atomic E-state index is 3.73. The van der Waals surface area contributed by atoms with Crippen molar-refractivity contribution in [1.29, 1.82) is 0 Å². The molecule has 0 saturated heterocycles. The molecule has 17 heavy (non-hydrogen) atoms. The molecule has 0 radical (unpaired) electrons. The first kappa shape index (κ1) is 13.3. The predicted octanol–water partition coefficient (Wildman–Crippen LogP) is 4.00. The summed E-state index contributed by atoms with van der Waals surface area (Å²) < 4.78 is 1.32. The molecular formula is C15H22IN. The molecule has 1 fully saturated rings. The molecule has 1 atom stereocenters. The molecule has 0 spiro atoms. The van der Waals surface area contributed by atoms with Gasteiger partial charge in [-0.25, -0.2) is 0 Å². The summed E-state index contributed by atoms with van der Waals surface area (Å²) in [5, 5.41) is 3.73. The molecule has 1 unspecified atom stereocenters. The average molecular weight is 343 g/mol. The molecule has 0 aliphatic heterocycles. The van der Waals surface area contributed by atoms with Crippen LogP contribution >= 0.6 is 22.6 Å². The lowest BCUT2D eigenvalue weighted by atomic mass is 9.92. The van der Waals surface area contributed by atoms with Gasteiger partial charge in [-0.1, -0.05) is 26.0 Å². The highest BCUT2D eigenvalue weighted by atomic mass is 127. The Kier molecular flexibility index (Phi) is 4.47. The highest BCUT2D eigenvalue weighted by Crippen LogP contribution is 2.48. The highest BCUT2D eigenvalue weighted by molar-refractivity contribution is 14.1. The van der Waals surface area contributed by atoms with Crippen LogP contribution < -0.4 is 5.32 Å². The Morgan fingerprint density at radius 3 is 2.47 bits per heavy atom. The van der Waals surface area contributed by atoms with Gasteiger partial charge in [-0.05, 0) is 77.9 Å². The second kappa shape index (κ2) is 5.70. The molecule has 1 aliphatic rings. The van der Waals surface area contributed by atoms with E-state index in [2.05, 4.69) is 66.0 Å². The van der Waals surface area contributed by atoms with Gasteiger partial charge in [-0.2, -0.15) is 0 Å². The summed E-state index contributed by atoms with van der Waals surface area (Å²) in [5.74, 6) is 0. The molecule has 1 aromatic rings. The maximum absolute atomic E-state index is 3.73. The van der Waals surface area contributed by atoms with Crippen molar-refractivity contribution in [2.45, 2.75) is 45.6 Å². The van der Waals surface area contributed by atoms with E-state index in [1.165, 1.54) is 34.8 Å². The van der Waals surface area contributed by atoms with Crippen LogP contribution in [0.1, 0.15) is 38.7 Å². The fourth-order valence-electron chi connectivity index (χ4n) is 2.29. The number of hydrogen-bond acceptors (Lipinski definition) is 1. The Labute approximate surface area is 119 Å². The molecule has 0 amide bonds. The van der Waals surface area contributed by atoms with Gasteiger partial charge in [0, 0.05) is 9.61 Å². The highest BCUT2D eigenvalue weighted by Gasteiger charge is 2.44. The normalized spacial score (nSPS) is 19.0. The van der Waals surface area contributed by atoms with E-state index >= 15 is 0 Å². The third-order valence-corrected chi connectivity index (χ3v) is 4.59. The maximum Gasteiger partial charge on any atom is 0.0161 e. The summed E-state index contributed by atoms with van der Waals surface area (Å²) in [4.78, 5) is 0. The first-order valence-electron chi connectivity index (χ1n) is 6.62. The Morgan fingerprint density at radius 1 is 1.29 bits per heavy atom. The van der Waals surface area contributed by atoms with Crippen molar-refractivity contribution >= 4 is 22.6 Å². The first-order valence-corrected chi connectivity index (χ1v) is 7.70. The molecule has 0 bridgehead atoms. The molecule has 1 aliphatic carbocycles. The SMILES string of the molecule is CCCNC(Cc1ccc(I)cc1)C1(C)CC1. The van der Waals surface area contributed by atoms with E-state index in [1.807, 2.05) is 0 Å². The summed E-state index contributed by atoms with van der Waals surface area (Å²) in [5.41, 5.74) is 2.02. The summed E-state index contributed by atoms with van der Waals surface area (Å²) in [6.07, 6.45) is 5.17. The fourth-order valence-corrected chi connectivity index (χ4v) is 2.64. The van der Waals surface area contributed by atoms with Gasteiger partial charge in [0.2, 0.25) is 0 Å². The topological polar surface area (TPSA) is 12.0 Å². The van der Waals surface area contributed by atoms with E-state index in [0.29, 0.717) is 11.5 Å². The van der Waals surface area contributed by atoms with Crippen LogP contribution in [0.5, 0.6) is 0 Å². The molecule has 1 N–H and O–H groups in total. The minimum absolute atomic E-state index is 0.554. The summed E-state index contributed by atoms with van der Waals surface area (Å²) in [7, 11) is 0. The quantitative estimate of drug-likeness (QED) is 0.770. The van der Waals surface area contributed by atoms with Gasteiger partial charge in [-0.15, -0.1) is 0 Å². The van der Waals surface area contributed by atoms with E-state index in [4.69, 9.17) is 0 Å². The van der Waals surface area contributed by atoms with Gasteiger partial charge < -0.3 is 5.32 Å². The Bertz CT molecular complexity index is 354. The second-order valence-corrected chi connectivity index (χ2v) is 6.74. The van der Waals surface area contributed by atoms with Gasteiger partial charge in [0.05, 0.1) is 0 Å².